The second-order valence-corrected chi connectivity index (χ2v) is 8.55. The Kier molecular flexibility index (Phi) is 6.29. The van der Waals surface area contributed by atoms with Gasteiger partial charge in [0.1, 0.15) is 24.2 Å². The van der Waals surface area contributed by atoms with Gasteiger partial charge in [0.05, 0.1) is 3.57 Å². The number of aromatic nitrogens is 1. The van der Waals surface area contributed by atoms with Crippen LogP contribution in [0.4, 0.5) is 0 Å². The number of aromatic amines is 1. The average molecular weight is 478 g/mol. The minimum Gasteiger partial charge on any atom is -0.507 e. The van der Waals surface area contributed by atoms with E-state index in [0.29, 0.717) is 12.3 Å². The molecule has 3 rings (SSSR count). The molecular formula is C21H25IN2O3. The summed E-state index contributed by atoms with van der Waals surface area (Å²) in [7, 11) is 0. The highest BCUT2D eigenvalue weighted by molar-refractivity contribution is 14.1. The molecule has 0 saturated heterocycles. The molecule has 0 aliphatic rings. The van der Waals surface area contributed by atoms with E-state index in [1.165, 1.54) is 0 Å². The first-order valence-electron chi connectivity index (χ1n) is 8.93. The van der Waals surface area contributed by atoms with Crippen molar-refractivity contribution in [3.05, 3.63) is 57.8 Å². The third-order valence-corrected chi connectivity index (χ3v) is 5.32. The van der Waals surface area contributed by atoms with E-state index in [0.717, 1.165) is 32.2 Å². The van der Waals surface area contributed by atoms with Crippen LogP contribution in [-0.2, 0) is 6.42 Å². The molecule has 144 valence electrons. The maximum Gasteiger partial charge on any atom is 0.128 e. The van der Waals surface area contributed by atoms with E-state index >= 15 is 0 Å². The number of benzene rings is 2. The summed E-state index contributed by atoms with van der Waals surface area (Å²) >= 11 is 2.13. The molecule has 0 amide bonds. The molecule has 5 nitrogen and oxygen atoms in total. The lowest BCUT2D eigenvalue weighted by molar-refractivity contribution is 0.0996. The highest BCUT2D eigenvalue weighted by Gasteiger charge is 2.20. The van der Waals surface area contributed by atoms with Crippen LogP contribution in [0.2, 0.25) is 0 Å². The Morgan fingerprint density at radius 3 is 2.81 bits per heavy atom. The number of hydrogen-bond donors (Lipinski definition) is 4. The monoisotopic (exact) mass is 478 g/mol. The maximum absolute atomic E-state index is 10.3. The van der Waals surface area contributed by atoms with E-state index in [1.807, 2.05) is 42.6 Å². The van der Waals surface area contributed by atoms with Crippen molar-refractivity contribution in [2.75, 3.05) is 13.2 Å². The lowest BCUT2D eigenvalue weighted by atomic mass is 9.94. The summed E-state index contributed by atoms with van der Waals surface area (Å²) in [6, 6.07) is 13.4. The van der Waals surface area contributed by atoms with Crippen LogP contribution in [0.25, 0.3) is 10.9 Å². The van der Waals surface area contributed by atoms with E-state index in [4.69, 9.17) is 4.74 Å². The van der Waals surface area contributed by atoms with E-state index in [2.05, 4.69) is 46.7 Å². The van der Waals surface area contributed by atoms with Gasteiger partial charge in [-0.3, -0.25) is 0 Å². The van der Waals surface area contributed by atoms with Gasteiger partial charge in [-0.05, 0) is 78.8 Å². The largest absolute Gasteiger partial charge is 0.507 e. The summed E-state index contributed by atoms with van der Waals surface area (Å²) in [6.07, 6.45) is 2.06. The van der Waals surface area contributed by atoms with Crippen LogP contribution in [0.5, 0.6) is 11.5 Å². The normalized spacial score (nSPS) is 13.0. The fourth-order valence-electron chi connectivity index (χ4n) is 3.05. The minimum absolute atomic E-state index is 0.193. The lowest BCUT2D eigenvalue weighted by Gasteiger charge is -2.28. The first-order chi connectivity index (χ1) is 12.8. The minimum atomic E-state index is -0.613. The fraction of sp³-hybridized carbons (Fsp3) is 0.333. The molecular weight excluding hydrogens is 453 g/mol. The predicted molar refractivity (Wildman–Crippen MR) is 116 cm³/mol. The molecule has 0 spiro atoms. The number of ether oxygens (including phenoxy) is 1. The van der Waals surface area contributed by atoms with E-state index in [1.54, 1.807) is 6.07 Å². The maximum atomic E-state index is 10.3. The van der Waals surface area contributed by atoms with Crippen LogP contribution < -0.4 is 10.1 Å². The molecule has 1 heterocycles. The van der Waals surface area contributed by atoms with Crippen molar-refractivity contribution in [2.45, 2.75) is 31.9 Å². The van der Waals surface area contributed by atoms with Crippen LogP contribution in [0.1, 0.15) is 19.4 Å². The first-order valence-corrected chi connectivity index (χ1v) is 10.0. The predicted octanol–water partition coefficient (Wildman–Crippen LogP) is 3.83. The molecule has 3 aromatic rings. The molecule has 1 atom stereocenters. The lowest BCUT2D eigenvalue weighted by Crippen LogP contribution is -2.46. The second-order valence-electron chi connectivity index (χ2n) is 7.39. The number of halogens is 1. The van der Waals surface area contributed by atoms with Gasteiger partial charge in [0.15, 0.2) is 0 Å². The average Bonchev–Trinajstić information content (AvgIpc) is 3.10. The Balaban J connectivity index is 1.51. The Hall–Kier alpha value is -1.77. The summed E-state index contributed by atoms with van der Waals surface area (Å²) in [4.78, 5) is 3.15. The number of aliphatic hydroxyl groups is 1. The summed E-state index contributed by atoms with van der Waals surface area (Å²) in [5.74, 6) is 1.07. The van der Waals surface area contributed by atoms with Crippen LogP contribution in [0.15, 0.2) is 48.7 Å². The number of phenolic OH excluding ortho intramolecular Hbond substituents is 1. The first kappa shape index (κ1) is 20.0. The zero-order chi connectivity index (χ0) is 19.4. The van der Waals surface area contributed by atoms with Gasteiger partial charge in [0, 0.05) is 29.2 Å². The molecule has 1 unspecified atom stereocenters. The Morgan fingerprint density at radius 2 is 2.04 bits per heavy atom. The van der Waals surface area contributed by atoms with Crippen molar-refractivity contribution in [2.24, 2.45) is 0 Å². The van der Waals surface area contributed by atoms with Crippen molar-refractivity contribution < 1.29 is 14.9 Å². The Labute approximate surface area is 172 Å². The molecule has 2 aromatic carbocycles. The van der Waals surface area contributed by atoms with Crippen molar-refractivity contribution in [3.63, 3.8) is 0 Å². The van der Waals surface area contributed by atoms with Crippen LogP contribution >= 0.6 is 22.6 Å². The highest BCUT2D eigenvalue weighted by atomic mass is 125. The van der Waals surface area contributed by atoms with Crippen molar-refractivity contribution in [1.29, 1.82) is 0 Å². The molecule has 27 heavy (non-hydrogen) atoms. The number of nitrogens with one attached hydrogen (secondary N) is 2. The zero-order valence-electron chi connectivity index (χ0n) is 15.5. The number of β-amino-alcohol motifs (C(OH)–C–C–N with tert-alkyl or cyclic N) is 1. The van der Waals surface area contributed by atoms with Gasteiger partial charge < -0.3 is 25.3 Å². The summed E-state index contributed by atoms with van der Waals surface area (Å²) in [5, 5.41) is 24.4. The molecule has 4 N–H and O–H groups in total. The van der Waals surface area contributed by atoms with Crippen LogP contribution in [0, 0.1) is 3.57 Å². The smallest absolute Gasteiger partial charge is 0.128 e. The number of aromatic hydroxyl groups is 1. The van der Waals surface area contributed by atoms with Gasteiger partial charge in [-0.2, -0.15) is 0 Å². The zero-order valence-corrected chi connectivity index (χ0v) is 17.7. The molecule has 0 radical (unpaired) electrons. The van der Waals surface area contributed by atoms with E-state index in [-0.39, 0.29) is 12.1 Å². The Bertz CT molecular complexity index is 907. The van der Waals surface area contributed by atoms with Gasteiger partial charge in [-0.25, -0.2) is 0 Å². The van der Waals surface area contributed by atoms with Gasteiger partial charge in [0.2, 0.25) is 0 Å². The molecule has 0 aliphatic heterocycles. The second kappa shape index (κ2) is 8.50. The number of aliphatic hydroxyl groups excluding tert-OH is 1. The van der Waals surface area contributed by atoms with E-state index in [9.17, 15) is 10.2 Å². The molecule has 6 heteroatoms. The molecule has 0 bridgehead atoms. The molecule has 1 aromatic heterocycles. The quantitative estimate of drug-likeness (QED) is 0.372. The fourth-order valence-corrected chi connectivity index (χ4v) is 3.63. The summed E-state index contributed by atoms with van der Waals surface area (Å²) in [5.41, 5.74) is 1.96. The van der Waals surface area contributed by atoms with Crippen molar-refractivity contribution in [3.8, 4) is 11.5 Å². The van der Waals surface area contributed by atoms with Crippen molar-refractivity contribution in [1.82, 2.24) is 10.3 Å². The number of fused-ring (bicyclic) bond motifs is 1. The Morgan fingerprint density at radius 1 is 1.22 bits per heavy atom. The highest BCUT2D eigenvalue weighted by Crippen LogP contribution is 2.25. The number of phenols is 1. The van der Waals surface area contributed by atoms with Crippen LogP contribution in [-0.4, -0.2) is 40.0 Å². The third kappa shape index (κ3) is 5.37. The van der Waals surface area contributed by atoms with E-state index < -0.39 is 6.10 Å². The van der Waals surface area contributed by atoms with Crippen LogP contribution in [0.3, 0.4) is 0 Å². The third-order valence-electron chi connectivity index (χ3n) is 4.46. The number of hydrogen-bond acceptors (Lipinski definition) is 4. The topological polar surface area (TPSA) is 77.5 Å². The van der Waals surface area contributed by atoms with Crippen molar-refractivity contribution >= 4 is 33.5 Å². The molecule has 0 saturated carbocycles. The molecule has 0 aliphatic carbocycles. The summed E-state index contributed by atoms with van der Waals surface area (Å²) in [6.45, 7) is 4.86. The van der Waals surface area contributed by atoms with Gasteiger partial charge in [-0.15, -0.1) is 0 Å². The SMILES string of the molecule is CC(C)(Cc1ccc(O)c([125I])c1)NCC(O)COc1cccc2[nH]ccc12. The standard InChI is InChI=1S/C21H25IN2O3/c1-21(2,11-14-6-7-19(26)17(22)10-14)24-12-15(25)13-27-20-5-3-4-18-16(20)8-9-23-18/h3-10,15,23-26H,11-13H2,1-2H3/i22-2. The number of rotatable bonds is 8. The van der Waals surface area contributed by atoms with Gasteiger partial charge in [0.25, 0.3) is 0 Å². The number of H-pyrrole nitrogens is 1. The summed E-state index contributed by atoms with van der Waals surface area (Å²) < 4.78 is 6.65. The van der Waals surface area contributed by atoms with Gasteiger partial charge in [-0.1, -0.05) is 12.1 Å². The molecule has 0 fully saturated rings. The van der Waals surface area contributed by atoms with Gasteiger partial charge >= 0.3 is 0 Å².